The number of rotatable bonds is 6. The maximum atomic E-state index is 12.4. The van der Waals surface area contributed by atoms with Crippen molar-refractivity contribution < 1.29 is 9.90 Å². The fourth-order valence-electron chi connectivity index (χ4n) is 2.98. The molecule has 1 N–H and O–H groups in total. The Labute approximate surface area is 132 Å². The third-order valence-electron chi connectivity index (χ3n) is 3.88. The summed E-state index contributed by atoms with van der Waals surface area (Å²) >= 11 is 0. The molecule has 0 bridgehead atoms. The van der Waals surface area contributed by atoms with Gasteiger partial charge in [0, 0.05) is 32.0 Å². The summed E-state index contributed by atoms with van der Waals surface area (Å²) in [6.45, 7) is 2.68. The second-order valence-electron chi connectivity index (χ2n) is 6.56. The molecule has 1 amide bonds. The van der Waals surface area contributed by atoms with Gasteiger partial charge in [-0.2, -0.15) is 0 Å². The Morgan fingerprint density at radius 3 is 2.86 bits per heavy atom. The highest BCUT2D eigenvalue weighted by Crippen LogP contribution is 2.22. The molecule has 1 aromatic heterocycles. The molecule has 0 unspecified atom stereocenters. The number of pyridine rings is 1. The normalized spacial score (nSPS) is 21.8. The molecule has 2 rings (SSSR count). The molecule has 0 saturated carbocycles. The van der Waals surface area contributed by atoms with Gasteiger partial charge in [-0.1, -0.05) is 6.07 Å². The third kappa shape index (κ3) is 4.76. The molecule has 6 heteroatoms. The number of likely N-dealkylation sites (tertiary alicyclic amines) is 1. The predicted molar refractivity (Wildman–Crippen MR) is 85.3 cm³/mol. The van der Waals surface area contributed by atoms with Crippen molar-refractivity contribution in [3.8, 4) is 0 Å². The van der Waals surface area contributed by atoms with Gasteiger partial charge in [0.1, 0.15) is 0 Å². The quantitative estimate of drug-likeness (QED) is 0.804. The molecule has 0 radical (unpaired) electrons. The number of hydrogen-bond donors (Lipinski definition) is 1. The van der Waals surface area contributed by atoms with E-state index in [1.54, 1.807) is 11.1 Å². The van der Waals surface area contributed by atoms with Gasteiger partial charge in [-0.3, -0.25) is 14.7 Å². The van der Waals surface area contributed by atoms with Gasteiger partial charge in [0.25, 0.3) is 0 Å². The van der Waals surface area contributed by atoms with Gasteiger partial charge in [-0.05, 0) is 39.2 Å². The first-order valence-electron chi connectivity index (χ1n) is 7.60. The Balaban J connectivity index is 1.83. The highest BCUT2D eigenvalue weighted by Gasteiger charge is 2.38. The highest BCUT2D eigenvalue weighted by molar-refractivity contribution is 5.78. The van der Waals surface area contributed by atoms with Crippen LogP contribution in [0.15, 0.2) is 24.5 Å². The summed E-state index contributed by atoms with van der Waals surface area (Å²) in [5.74, 6) is 0.0704. The van der Waals surface area contributed by atoms with Crippen LogP contribution in [0.5, 0.6) is 0 Å². The smallest absolute Gasteiger partial charge is 0.236 e. The van der Waals surface area contributed by atoms with Gasteiger partial charge in [-0.25, -0.2) is 0 Å². The lowest BCUT2D eigenvalue weighted by Crippen LogP contribution is -2.45. The van der Waals surface area contributed by atoms with Gasteiger partial charge in [0.15, 0.2) is 0 Å². The molecule has 2 heterocycles. The van der Waals surface area contributed by atoms with Crippen LogP contribution in [0.3, 0.4) is 0 Å². The van der Waals surface area contributed by atoms with E-state index in [2.05, 4.69) is 4.98 Å². The summed E-state index contributed by atoms with van der Waals surface area (Å²) in [5, 5.41) is 10.5. The SMILES string of the molecule is CN(C)C[C@@]1(O)CCN(C(=O)CN(C)Cc2cccnc2)C1. The number of hydrogen-bond acceptors (Lipinski definition) is 5. The van der Waals surface area contributed by atoms with E-state index in [-0.39, 0.29) is 5.91 Å². The molecule has 122 valence electrons. The van der Waals surface area contributed by atoms with E-state index >= 15 is 0 Å². The van der Waals surface area contributed by atoms with E-state index in [4.69, 9.17) is 0 Å². The maximum Gasteiger partial charge on any atom is 0.236 e. The summed E-state index contributed by atoms with van der Waals surface area (Å²) < 4.78 is 0. The maximum absolute atomic E-state index is 12.4. The Bertz CT molecular complexity index is 494. The third-order valence-corrected chi connectivity index (χ3v) is 3.88. The van der Waals surface area contributed by atoms with E-state index in [0.717, 1.165) is 5.56 Å². The van der Waals surface area contributed by atoms with Crippen LogP contribution in [0.4, 0.5) is 0 Å². The molecule has 1 aliphatic heterocycles. The van der Waals surface area contributed by atoms with Gasteiger partial charge < -0.3 is 14.9 Å². The first-order chi connectivity index (χ1) is 10.4. The molecule has 1 aliphatic rings. The van der Waals surface area contributed by atoms with Gasteiger partial charge in [0.05, 0.1) is 18.7 Å². The topological polar surface area (TPSA) is 59.9 Å². The van der Waals surface area contributed by atoms with Crippen molar-refractivity contribution in [3.05, 3.63) is 30.1 Å². The van der Waals surface area contributed by atoms with Crippen LogP contribution < -0.4 is 0 Å². The molecular formula is C16H26N4O2. The molecule has 0 aromatic carbocycles. The van der Waals surface area contributed by atoms with E-state index < -0.39 is 5.60 Å². The van der Waals surface area contributed by atoms with E-state index in [1.807, 2.05) is 49.3 Å². The fraction of sp³-hybridized carbons (Fsp3) is 0.625. The van der Waals surface area contributed by atoms with Crippen molar-refractivity contribution in [1.29, 1.82) is 0 Å². The zero-order valence-corrected chi connectivity index (χ0v) is 13.7. The number of likely N-dealkylation sites (N-methyl/N-ethyl adjacent to an activating group) is 2. The highest BCUT2D eigenvalue weighted by atomic mass is 16.3. The van der Waals surface area contributed by atoms with Crippen LogP contribution in [-0.2, 0) is 11.3 Å². The van der Waals surface area contributed by atoms with Crippen molar-refractivity contribution >= 4 is 5.91 Å². The van der Waals surface area contributed by atoms with Crippen LogP contribution in [0.2, 0.25) is 0 Å². The Morgan fingerprint density at radius 1 is 1.45 bits per heavy atom. The number of carbonyl (C=O) groups is 1. The molecular weight excluding hydrogens is 280 g/mol. The summed E-state index contributed by atoms with van der Waals surface area (Å²) in [4.78, 5) is 22.1. The second-order valence-corrected chi connectivity index (χ2v) is 6.56. The average molecular weight is 306 g/mol. The van der Waals surface area contributed by atoms with E-state index in [9.17, 15) is 9.90 Å². The first-order valence-corrected chi connectivity index (χ1v) is 7.60. The lowest BCUT2D eigenvalue weighted by Gasteiger charge is -2.27. The minimum atomic E-state index is -0.777. The van der Waals surface area contributed by atoms with Crippen molar-refractivity contribution in [1.82, 2.24) is 19.7 Å². The Hall–Kier alpha value is -1.50. The number of nitrogens with zero attached hydrogens (tertiary/aromatic N) is 4. The number of amides is 1. The number of carbonyl (C=O) groups excluding carboxylic acids is 1. The van der Waals surface area contributed by atoms with Crippen LogP contribution in [0.1, 0.15) is 12.0 Å². The number of aliphatic hydroxyl groups is 1. The zero-order chi connectivity index (χ0) is 16.2. The van der Waals surface area contributed by atoms with Gasteiger partial charge in [-0.15, -0.1) is 0 Å². The zero-order valence-electron chi connectivity index (χ0n) is 13.7. The Morgan fingerprint density at radius 2 is 2.23 bits per heavy atom. The lowest BCUT2D eigenvalue weighted by atomic mass is 10.0. The van der Waals surface area contributed by atoms with E-state index in [0.29, 0.717) is 39.1 Å². The molecule has 1 fully saturated rings. The van der Waals surface area contributed by atoms with Crippen molar-refractivity contribution in [2.75, 3.05) is 47.3 Å². The summed E-state index contributed by atoms with van der Waals surface area (Å²) in [6, 6.07) is 3.90. The average Bonchev–Trinajstić information content (AvgIpc) is 2.81. The molecule has 1 aromatic rings. The minimum absolute atomic E-state index is 0.0704. The van der Waals surface area contributed by atoms with Crippen molar-refractivity contribution in [2.45, 2.75) is 18.6 Å². The monoisotopic (exact) mass is 306 g/mol. The van der Waals surface area contributed by atoms with Crippen LogP contribution in [-0.4, -0.2) is 83.6 Å². The van der Waals surface area contributed by atoms with Crippen molar-refractivity contribution in [2.24, 2.45) is 0 Å². The largest absolute Gasteiger partial charge is 0.387 e. The molecule has 6 nitrogen and oxygen atoms in total. The molecule has 1 saturated heterocycles. The van der Waals surface area contributed by atoms with Gasteiger partial charge >= 0.3 is 0 Å². The molecule has 0 aliphatic carbocycles. The molecule has 0 spiro atoms. The molecule has 1 atom stereocenters. The Kier molecular flexibility index (Phi) is 5.50. The second kappa shape index (κ2) is 7.17. The summed E-state index contributed by atoms with van der Waals surface area (Å²) in [5.41, 5.74) is 0.310. The lowest BCUT2D eigenvalue weighted by molar-refractivity contribution is -0.132. The van der Waals surface area contributed by atoms with Crippen LogP contribution in [0.25, 0.3) is 0 Å². The summed E-state index contributed by atoms with van der Waals surface area (Å²) in [6.07, 6.45) is 4.19. The standard InChI is InChI=1S/C16H26N4O2/c1-18(2)12-16(22)6-8-20(13-16)15(21)11-19(3)10-14-5-4-7-17-9-14/h4-5,7,9,22H,6,8,10-13H2,1-3H3/t16-/m0/s1. The fourth-order valence-corrected chi connectivity index (χ4v) is 2.98. The number of β-amino-alcohol motifs (C(OH)–C–C–N with tert-alkyl or cyclic N) is 1. The minimum Gasteiger partial charge on any atom is -0.387 e. The van der Waals surface area contributed by atoms with Gasteiger partial charge in [0.2, 0.25) is 5.91 Å². The molecule has 22 heavy (non-hydrogen) atoms. The van der Waals surface area contributed by atoms with Crippen LogP contribution >= 0.6 is 0 Å². The predicted octanol–water partition coefficient (Wildman–Crippen LogP) is 0.0384. The number of aromatic nitrogens is 1. The first kappa shape index (κ1) is 16.9. The summed E-state index contributed by atoms with van der Waals surface area (Å²) in [7, 11) is 5.79. The van der Waals surface area contributed by atoms with E-state index in [1.165, 1.54) is 0 Å². The van der Waals surface area contributed by atoms with Crippen molar-refractivity contribution in [3.63, 3.8) is 0 Å². The van der Waals surface area contributed by atoms with Crippen LogP contribution in [0, 0.1) is 0 Å².